The minimum absolute atomic E-state index is 0.171. The first-order chi connectivity index (χ1) is 7.95. The summed E-state index contributed by atoms with van der Waals surface area (Å²) in [6.07, 6.45) is 2.29. The molecule has 0 aromatic heterocycles. The number of aryl methyl sites for hydroxylation is 1. The smallest absolute Gasteiger partial charge is 0.208 e. The van der Waals surface area contributed by atoms with Gasteiger partial charge >= 0.3 is 0 Å². The minimum atomic E-state index is -3.42. The highest BCUT2D eigenvalue weighted by molar-refractivity contribution is 7.89. The molecule has 4 heteroatoms. The van der Waals surface area contributed by atoms with E-state index in [1.807, 2.05) is 6.92 Å². The second kappa shape index (κ2) is 5.82. The Bertz CT molecular complexity index is 511. The van der Waals surface area contributed by atoms with E-state index in [2.05, 4.69) is 17.0 Å². The lowest BCUT2D eigenvalue weighted by Gasteiger charge is -2.12. The van der Waals surface area contributed by atoms with Crippen LogP contribution in [0.5, 0.6) is 0 Å². The highest BCUT2D eigenvalue weighted by Gasteiger charge is 2.16. The summed E-state index contributed by atoms with van der Waals surface area (Å²) in [5, 5.41) is 0. The number of rotatable bonds is 5. The van der Waals surface area contributed by atoms with E-state index in [-0.39, 0.29) is 10.9 Å². The Hall–Kier alpha value is -1.35. The van der Waals surface area contributed by atoms with Gasteiger partial charge in [-0.05, 0) is 38.5 Å². The van der Waals surface area contributed by atoms with Gasteiger partial charge in [0.05, 0.1) is 4.90 Å². The molecule has 1 rings (SSSR count). The molecule has 0 aliphatic rings. The van der Waals surface area contributed by atoms with Crippen molar-refractivity contribution in [3.05, 3.63) is 48.2 Å². The van der Waals surface area contributed by atoms with Crippen LogP contribution in [0, 0.1) is 6.92 Å². The Morgan fingerprint density at radius 2 is 2.00 bits per heavy atom. The minimum Gasteiger partial charge on any atom is -0.208 e. The van der Waals surface area contributed by atoms with Gasteiger partial charge in [0.25, 0.3) is 0 Å². The van der Waals surface area contributed by atoms with Crippen LogP contribution in [-0.4, -0.2) is 14.5 Å². The molecule has 0 fully saturated rings. The van der Waals surface area contributed by atoms with Crippen molar-refractivity contribution in [2.75, 3.05) is 0 Å². The Kier molecular flexibility index (Phi) is 4.70. The van der Waals surface area contributed by atoms with Gasteiger partial charge in [-0.1, -0.05) is 24.3 Å². The van der Waals surface area contributed by atoms with E-state index in [4.69, 9.17) is 0 Å². The van der Waals surface area contributed by atoms with Crippen LogP contribution >= 0.6 is 0 Å². The topological polar surface area (TPSA) is 46.2 Å². The molecule has 0 radical (unpaired) electrons. The lowest BCUT2D eigenvalue weighted by molar-refractivity contribution is 0.562. The highest BCUT2D eigenvalue weighted by Crippen LogP contribution is 2.11. The second-order valence-corrected chi connectivity index (χ2v) is 5.69. The lowest BCUT2D eigenvalue weighted by Crippen LogP contribution is -2.32. The first kappa shape index (κ1) is 13.7. The van der Waals surface area contributed by atoms with E-state index in [1.165, 1.54) is 0 Å². The van der Waals surface area contributed by atoms with Crippen LogP contribution in [0.4, 0.5) is 0 Å². The maximum atomic E-state index is 12.0. The van der Waals surface area contributed by atoms with E-state index in [1.54, 1.807) is 37.3 Å². The molecule has 0 spiro atoms. The first-order valence-corrected chi connectivity index (χ1v) is 6.87. The molecule has 0 amide bonds. The van der Waals surface area contributed by atoms with Crippen molar-refractivity contribution in [1.29, 1.82) is 0 Å². The van der Waals surface area contributed by atoms with Crippen molar-refractivity contribution < 1.29 is 8.42 Å². The molecule has 1 atom stereocenters. The molecule has 0 heterocycles. The zero-order valence-electron chi connectivity index (χ0n) is 10.1. The summed E-state index contributed by atoms with van der Waals surface area (Å²) in [6, 6.07) is 6.60. The van der Waals surface area contributed by atoms with Gasteiger partial charge in [0.2, 0.25) is 10.0 Å². The van der Waals surface area contributed by atoms with Crippen LogP contribution < -0.4 is 4.72 Å². The molecule has 1 aromatic carbocycles. The summed E-state index contributed by atoms with van der Waals surface area (Å²) in [7, 11) is -3.42. The Morgan fingerprint density at radius 3 is 2.53 bits per heavy atom. The molecule has 0 saturated heterocycles. The van der Waals surface area contributed by atoms with Crippen LogP contribution in [0.1, 0.15) is 18.9 Å². The van der Waals surface area contributed by atoms with Crippen LogP contribution in [0.25, 0.3) is 0 Å². The second-order valence-electron chi connectivity index (χ2n) is 3.98. The normalized spacial score (nSPS) is 12.8. The average Bonchev–Trinajstić information content (AvgIpc) is 2.26. The van der Waals surface area contributed by atoms with Gasteiger partial charge < -0.3 is 0 Å². The first-order valence-electron chi connectivity index (χ1n) is 5.39. The Balaban J connectivity index is 2.81. The van der Waals surface area contributed by atoms with Gasteiger partial charge in [-0.2, -0.15) is 0 Å². The monoisotopic (exact) mass is 251 g/mol. The van der Waals surface area contributed by atoms with Gasteiger partial charge in [-0.25, -0.2) is 13.1 Å². The third-order valence-corrected chi connectivity index (χ3v) is 3.91. The van der Waals surface area contributed by atoms with Gasteiger partial charge in [-0.3, -0.25) is 0 Å². The molecule has 17 heavy (non-hydrogen) atoms. The maximum Gasteiger partial charge on any atom is 0.240 e. The largest absolute Gasteiger partial charge is 0.240 e. The quantitative estimate of drug-likeness (QED) is 0.817. The summed E-state index contributed by atoms with van der Waals surface area (Å²) in [4.78, 5) is 0.289. The Morgan fingerprint density at radius 1 is 1.41 bits per heavy atom. The average molecular weight is 251 g/mol. The van der Waals surface area contributed by atoms with Gasteiger partial charge in [0, 0.05) is 6.04 Å². The number of benzene rings is 1. The number of hydrogen-bond donors (Lipinski definition) is 1. The maximum absolute atomic E-state index is 12.0. The SMILES string of the molecule is C=C=CCC(C)NS(=O)(=O)c1ccc(C)cc1. The lowest BCUT2D eigenvalue weighted by atomic mass is 10.2. The summed E-state index contributed by atoms with van der Waals surface area (Å²) in [5.41, 5.74) is 3.66. The van der Waals surface area contributed by atoms with E-state index in [0.29, 0.717) is 6.42 Å². The Labute approximate surface area is 103 Å². The molecule has 1 unspecified atom stereocenters. The fourth-order valence-electron chi connectivity index (χ4n) is 1.36. The molecular weight excluding hydrogens is 234 g/mol. The third kappa shape index (κ3) is 4.19. The molecule has 0 bridgehead atoms. The van der Waals surface area contributed by atoms with Gasteiger partial charge in [0.1, 0.15) is 0 Å². The van der Waals surface area contributed by atoms with E-state index in [9.17, 15) is 8.42 Å². The molecule has 3 nitrogen and oxygen atoms in total. The van der Waals surface area contributed by atoms with Crippen molar-refractivity contribution in [1.82, 2.24) is 4.72 Å². The van der Waals surface area contributed by atoms with Crippen molar-refractivity contribution in [3.63, 3.8) is 0 Å². The van der Waals surface area contributed by atoms with Gasteiger partial charge in [-0.15, -0.1) is 5.73 Å². The highest BCUT2D eigenvalue weighted by atomic mass is 32.2. The number of nitrogens with one attached hydrogen (secondary N) is 1. The third-order valence-electron chi connectivity index (χ3n) is 2.30. The predicted molar refractivity (Wildman–Crippen MR) is 69.3 cm³/mol. The molecule has 1 aromatic rings. The van der Waals surface area contributed by atoms with Crippen LogP contribution in [0.2, 0.25) is 0 Å². The molecule has 92 valence electrons. The van der Waals surface area contributed by atoms with Gasteiger partial charge in [0.15, 0.2) is 0 Å². The zero-order valence-corrected chi connectivity index (χ0v) is 10.9. The van der Waals surface area contributed by atoms with Crippen molar-refractivity contribution >= 4 is 10.0 Å². The van der Waals surface area contributed by atoms with E-state index >= 15 is 0 Å². The molecule has 0 saturated carbocycles. The molecule has 0 aliphatic carbocycles. The zero-order chi connectivity index (χ0) is 12.9. The number of sulfonamides is 1. The summed E-state index contributed by atoms with van der Waals surface area (Å²) < 4.78 is 26.5. The predicted octanol–water partition coefficient (Wildman–Crippen LogP) is 2.39. The van der Waals surface area contributed by atoms with Crippen molar-refractivity contribution in [2.45, 2.75) is 31.2 Å². The fourth-order valence-corrected chi connectivity index (χ4v) is 2.61. The van der Waals surface area contributed by atoms with Crippen LogP contribution in [-0.2, 0) is 10.0 Å². The van der Waals surface area contributed by atoms with Crippen molar-refractivity contribution in [3.8, 4) is 0 Å². The fraction of sp³-hybridized carbons (Fsp3) is 0.308. The van der Waals surface area contributed by atoms with Crippen LogP contribution in [0.15, 0.2) is 47.5 Å². The summed E-state index contributed by atoms with van der Waals surface area (Å²) in [5.74, 6) is 0. The van der Waals surface area contributed by atoms with E-state index in [0.717, 1.165) is 5.56 Å². The van der Waals surface area contributed by atoms with Crippen LogP contribution in [0.3, 0.4) is 0 Å². The molecule has 1 N–H and O–H groups in total. The summed E-state index contributed by atoms with van der Waals surface area (Å²) in [6.45, 7) is 7.16. The van der Waals surface area contributed by atoms with E-state index < -0.39 is 10.0 Å². The number of hydrogen-bond acceptors (Lipinski definition) is 2. The molecular formula is C13H17NO2S. The standard InChI is InChI=1S/C13H17NO2S/c1-4-5-6-12(3)14-17(15,16)13-9-7-11(2)8-10-13/h5,7-10,12,14H,1,6H2,2-3H3. The van der Waals surface area contributed by atoms with Crippen molar-refractivity contribution in [2.24, 2.45) is 0 Å². The summed E-state index contributed by atoms with van der Waals surface area (Å²) >= 11 is 0. The molecule has 0 aliphatic heterocycles.